The van der Waals surface area contributed by atoms with E-state index < -0.39 is 41.7 Å². The number of rotatable bonds is 2. The predicted octanol–water partition coefficient (Wildman–Crippen LogP) is 0.627. The zero-order valence-electron chi connectivity index (χ0n) is 12.7. The molecule has 0 aromatic heterocycles. The maximum Gasteiger partial charge on any atom is 0.417 e. The van der Waals surface area contributed by atoms with Gasteiger partial charge < -0.3 is 14.2 Å². The molecule has 8 nitrogen and oxygen atoms in total. The van der Waals surface area contributed by atoms with E-state index in [-0.39, 0.29) is 6.42 Å². The lowest BCUT2D eigenvalue weighted by Crippen LogP contribution is -2.46. The fraction of sp³-hybridized carbons (Fsp3) is 0.692. The lowest BCUT2D eigenvalue weighted by molar-refractivity contribution is -0.154. The highest BCUT2D eigenvalue weighted by Gasteiger charge is 2.50. The van der Waals surface area contributed by atoms with Crippen LogP contribution in [0.15, 0.2) is 0 Å². The molecule has 1 rings (SSSR count). The van der Waals surface area contributed by atoms with Gasteiger partial charge >= 0.3 is 18.0 Å². The summed E-state index contributed by atoms with van der Waals surface area (Å²) < 4.78 is 14.5. The molecule has 1 heterocycles. The van der Waals surface area contributed by atoms with E-state index in [1.165, 1.54) is 0 Å². The summed E-state index contributed by atoms with van der Waals surface area (Å²) in [6.07, 6.45) is -2.32. The third kappa shape index (κ3) is 4.17. The zero-order chi connectivity index (χ0) is 16.4. The van der Waals surface area contributed by atoms with Crippen LogP contribution in [0.1, 0.15) is 34.1 Å². The van der Waals surface area contributed by atoms with Crippen molar-refractivity contribution in [3.8, 4) is 0 Å². The zero-order valence-corrected chi connectivity index (χ0v) is 12.7. The highest BCUT2D eigenvalue weighted by atomic mass is 16.6. The Labute approximate surface area is 122 Å². The second-order valence-corrected chi connectivity index (χ2v) is 5.56. The largest absolute Gasteiger partial charge is 0.467 e. The molecule has 0 N–H and O–H groups in total. The van der Waals surface area contributed by atoms with E-state index in [1.807, 2.05) is 0 Å². The number of likely N-dealkylation sites (tertiary alicyclic amines) is 1. The van der Waals surface area contributed by atoms with Crippen molar-refractivity contribution >= 4 is 23.9 Å². The van der Waals surface area contributed by atoms with Gasteiger partial charge in [-0.3, -0.25) is 9.59 Å². The minimum atomic E-state index is -1.20. The Bertz CT molecular complexity index is 466. The van der Waals surface area contributed by atoms with Crippen molar-refractivity contribution in [3.05, 3.63) is 0 Å². The van der Waals surface area contributed by atoms with Gasteiger partial charge in [-0.05, 0) is 20.8 Å². The second-order valence-electron chi connectivity index (χ2n) is 5.56. The molecule has 0 radical (unpaired) electrons. The standard InChI is InChI=1S/C13H19NO7/c1-7(15)20-9-6-8(11(17)19-5)14(10(9)16)12(18)21-13(2,3)4/h8-9H,6H2,1-5H3/t8-,9+/m0/s1. The number of nitrogens with zero attached hydrogens (tertiary/aromatic N) is 1. The minimum Gasteiger partial charge on any atom is -0.467 e. The summed E-state index contributed by atoms with van der Waals surface area (Å²) in [5.74, 6) is -2.25. The molecule has 2 amide bonds. The van der Waals surface area contributed by atoms with Crippen LogP contribution in [-0.2, 0) is 28.6 Å². The van der Waals surface area contributed by atoms with Crippen molar-refractivity contribution in [2.24, 2.45) is 0 Å². The summed E-state index contributed by atoms with van der Waals surface area (Å²) in [4.78, 5) is 47.5. The lowest BCUT2D eigenvalue weighted by atomic mass is 10.2. The van der Waals surface area contributed by atoms with Gasteiger partial charge in [-0.1, -0.05) is 0 Å². The lowest BCUT2D eigenvalue weighted by Gasteiger charge is -2.25. The number of ether oxygens (including phenoxy) is 3. The Morgan fingerprint density at radius 1 is 1.24 bits per heavy atom. The minimum absolute atomic E-state index is 0.148. The topological polar surface area (TPSA) is 99.2 Å². The highest BCUT2D eigenvalue weighted by molar-refractivity contribution is 6.02. The predicted molar refractivity (Wildman–Crippen MR) is 69.1 cm³/mol. The molecule has 1 saturated heterocycles. The fourth-order valence-corrected chi connectivity index (χ4v) is 1.88. The van der Waals surface area contributed by atoms with Crippen molar-refractivity contribution < 1.29 is 33.4 Å². The second kappa shape index (κ2) is 6.11. The van der Waals surface area contributed by atoms with Crippen molar-refractivity contribution in [3.63, 3.8) is 0 Å². The van der Waals surface area contributed by atoms with Crippen LogP contribution in [-0.4, -0.2) is 53.7 Å². The van der Waals surface area contributed by atoms with Crippen LogP contribution < -0.4 is 0 Å². The van der Waals surface area contributed by atoms with Gasteiger partial charge in [0.15, 0.2) is 6.10 Å². The van der Waals surface area contributed by atoms with Crippen LogP contribution in [0.4, 0.5) is 4.79 Å². The van der Waals surface area contributed by atoms with E-state index in [0.29, 0.717) is 4.90 Å². The number of carbonyl (C=O) groups is 4. The van der Waals surface area contributed by atoms with E-state index >= 15 is 0 Å². The molecular formula is C13H19NO7. The number of hydrogen-bond donors (Lipinski definition) is 0. The number of imide groups is 1. The van der Waals surface area contributed by atoms with Crippen LogP contribution in [0.25, 0.3) is 0 Å². The van der Waals surface area contributed by atoms with Gasteiger partial charge in [0.2, 0.25) is 0 Å². The van der Waals surface area contributed by atoms with Crippen molar-refractivity contribution in [2.75, 3.05) is 7.11 Å². The molecule has 118 valence electrons. The molecule has 0 aliphatic carbocycles. The summed E-state index contributed by atoms with van der Waals surface area (Å²) >= 11 is 0. The van der Waals surface area contributed by atoms with Crippen molar-refractivity contribution in [1.29, 1.82) is 0 Å². The molecule has 0 bridgehead atoms. The average Bonchev–Trinajstić information content (AvgIpc) is 2.63. The normalized spacial score (nSPS) is 22.0. The first-order valence-electron chi connectivity index (χ1n) is 6.38. The van der Waals surface area contributed by atoms with E-state index in [9.17, 15) is 19.2 Å². The third-order valence-electron chi connectivity index (χ3n) is 2.63. The van der Waals surface area contributed by atoms with E-state index in [2.05, 4.69) is 4.74 Å². The van der Waals surface area contributed by atoms with Gasteiger partial charge in [-0.15, -0.1) is 0 Å². The summed E-state index contributed by atoms with van der Waals surface area (Å²) in [6.45, 7) is 6.02. The Kier molecular flexibility index (Phi) is 4.93. The van der Waals surface area contributed by atoms with Crippen LogP contribution in [0.5, 0.6) is 0 Å². The van der Waals surface area contributed by atoms with Gasteiger partial charge in [0, 0.05) is 13.3 Å². The molecule has 21 heavy (non-hydrogen) atoms. The van der Waals surface area contributed by atoms with Crippen molar-refractivity contribution in [1.82, 2.24) is 4.90 Å². The first kappa shape index (κ1) is 16.9. The Hall–Kier alpha value is -2.12. The quantitative estimate of drug-likeness (QED) is 0.544. The van der Waals surface area contributed by atoms with Crippen LogP contribution >= 0.6 is 0 Å². The molecule has 0 unspecified atom stereocenters. The number of methoxy groups -OCH3 is 1. The highest BCUT2D eigenvalue weighted by Crippen LogP contribution is 2.25. The average molecular weight is 301 g/mol. The van der Waals surface area contributed by atoms with Crippen LogP contribution in [0.3, 0.4) is 0 Å². The Balaban J connectivity index is 3.00. The number of amides is 2. The molecule has 1 aliphatic rings. The van der Waals surface area contributed by atoms with Crippen molar-refractivity contribution in [2.45, 2.75) is 51.9 Å². The first-order chi connectivity index (χ1) is 9.56. The van der Waals surface area contributed by atoms with Gasteiger partial charge in [0.25, 0.3) is 5.91 Å². The molecule has 1 fully saturated rings. The van der Waals surface area contributed by atoms with Gasteiger partial charge in [-0.25, -0.2) is 14.5 Å². The molecular weight excluding hydrogens is 282 g/mol. The fourth-order valence-electron chi connectivity index (χ4n) is 1.88. The maximum atomic E-state index is 12.1. The number of hydrogen-bond acceptors (Lipinski definition) is 7. The number of esters is 2. The van der Waals surface area contributed by atoms with E-state index in [0.717, 1.165) is 14.0 Å². The summed E-state index contributed by atoms with van der Waals surface area (Å²) in [7, 11) is 1.14. The van der Waals surface area contributed by atoms with Gasteiger partial charge in [-0.2, -0.15) is 0 Å². The van der Waals surface area contributed by atoms with Gasteiger partial charge in [0.1, 0.15) is 11.6 Å². The molecule has 2 atom stereocenters. The summed E-state index contributed by atoms with van der Waals surface area (Å²) in [5.41, 5.74) is -0.836. The van der Waals surface area contributed by atoms with Crippen LogP contribution in [0, 0.1) is 0 Å². The molecule has 1 aliphatic heterocycles. The SMILES string of the molecule is COC(=O)[C@@H]1C[C@@H](OC(C)=O)C(=O)N1C(=O)OC(C)(C)C. The summed E-state index contributed by atoms with van der Waals surface area (Å²) in [5, 5.41) is 0. The molecule has 0 aromatic carbocycles. The monoisotopic (exact) mass is 301 g/mol. The molecule has 0 saturated carbocycles. The van der Waals surface area contributed by atoms with Crippen LogP contribution in [0.2, 0.25) is 0 Å². The Morgan fingerprint density at radius 2 is 1.81 bits per heavy atom. The number of carbonyl (C=O) groups excluding carboxylic acids is 4. The van der Waals surface area contributed by atoms with E-state index in [1.54, 1.807) is 20.8 Å². The molecule has 8 heteroatoms. The smallest absolute Gasteiger partial charge is 0.417 e. The van der Waals surface area contributed by atoms with E-state index in [4.69, 9.17) is 9.47 Å². The Morgan fingerprint density at radius 3 is 2.24 bits per heavy atom. The maximum absolute atomic E-state index is 12.1. The third-order valence-corrected chi connectivity index (χ3v) is 2.63. The summed E-state index contributed by atoms with van der Waals surface area (Å²) in [6, 6.07) is -1.17. The first-order valence-corrected chi connectivity index (χ1v) is 6.38. The van der Waals surface area contributed by atoms with Gasteiger partial charge in [0.05, 0.1) is 7.11 Å². The molecule has 0 spiro atoms. The molecule has 0 aromatic rings.